The molecule has 0 radical (unpaired) electrons. The number of aliphatic hydroxyl groups excluding tert-OH is 1. The van der Waals surface area contributed by atoms with Crippen molar-refractivity contribution in [1.82, 2.24) is 0 Å². The summed E-state index contributed by atoms with van der Waals surface area (Å²) >= 11 is 0. The van der Waals surface area contributed by atoms with Crippen LogP contribution in [0.15, 0.2) is 35.5 Å². The second-order valence-electron chi connectivity index (χ2n) is 6.83. The van der Waals surface area contributed by atoms with E-state index in [4.69, 9.17) is 9.47 Å². The zero-order valence-corrected chi connectivity index (χ0v) is 15.3. The molecule has 0 aromatic rings. The van der Waals surface area contributed by atoms with Crippen molar-refractivity contribution >= 4 is 18.2 Å². The summed E-state index contributed by atoms with van der Waals surface area (Å²) in [6, 6.07) is 0. The van der Waals surface area contributed by atoms with Crippen LogP contribution in [0.5, 0.6) is 0 Å². The molecule has 0 saturated carbocycles. The normalized spacial score (nSPS) is 31.6. The van der Waals surface area contributed by atoms with Gasteiger partial charge in [-0.3, -0.25) is 9.59 Å². The number of carbonyl (C=O) groups is 3. The summed E-state index contributed by atoms with van der Waals surface area (Å²) in [4.78, 5) is 35.9. The van der Waals surface area contributed by atoms with Crippen molar-refractivity contribution in [1.29, 1.82) is 0 Å². The third kappa shape index (κ3) is 4.49. The van der Waals surface area contributed by atoms with Crippen molar-refractivity contribution in [2.24, 2.45) is 11.8 Å². The molecule has 1 heterocycles. The molecule has 0 bridgehead atoms. The predicted octanol–water partition coefficient (Wildman–Crippen LogP) is 2.27. The minimum Gasteiger partial charge on any atom is -0.461 e. The Labute approximate surface area is 153 Å². The van der Waals surface area contributed by atoms with Gasteiger partial charge < -0.3 is 14.6 Å². The van der Waals surface area contributed by atoms with Gasteiger partial charge in [0.2, 0.25) is 0 Å². The van der Waals surface area contributed by atoms with Gasteiger partial charge in [0.25, 0.3) is 0 Å². The quantitative estimate of drug-likeness (QED) is 0.349. The molecule has 1 aliphatic carbocycles. The van der Waals surface area contributed by atoms with Gasteiger partial charge >= 0.3 is 11.9 Å². The monoisotopic (exact) mass is 362 g/mol. The smallest absolute Gasteiger partial charge is 0.334 e. The maximum atomic E-state index is 12.3. The summed E-state index contributed by atoms with van der Waals surface area (Å²) < 4.78 is 11.1. The highest BCUT2D eigenvalue weighted by Crippen LogP contribution is 2.36. The van der Waals surface area contributed by atoms with Gasteiger partial charge in [0.1, 0.15) is 18.5 Å². The number of aldehydes is 1. The summed E-state index contributed by atoms with van der Waals surface area (Å²) in [5, 5.41) is 9.55. The van der Waals surface area contributed by atoms with Crippen LogP contribution in [0.3, 0.4) is 0 Å². The number of fused-ring (bicyclic) bond motifs is 1. The Morgan fingerprint density at radius 2 is 2.27 bits per heavy atom. The Hall–Kier alpha value is -2.21. The van der Waals surface area contributed by atoms with Crippen LogP contribution >= 0.6 is 0 Å². The average molecular weight is 362 g/mol. The lowest BCUT2D eigenvalue weighted by Crippen LogP contribution is -2.35. The van der Waals surface area contributed by atoms with E-state index >= 15 is 0 Å². The van der Waals surface area contributed by atoms with Gasteiger partial charge in [-0.25, -0.2) is 4.79 Å². The van der Waals surface area contributed by atoms with E-state index in [9.17, 15) is 19.5 Å². The van der Waals surface area contributed by atoms with Gasteiger partial charge in [-0.15, -0.1) is 0 Å². The zero-order chi connectivity index (χ0) is 19.3. The van der Waals surface area contributed by atoms with E-state index in [0.29, 0.717) is 30.4 Å². The van der Waals surface area contributed by atoms with E-state index in [1.165, 1.54) is 0 Å². The van der Waals surface area contributed by atoms with Crippen LogP contribution in [0.25, 0.3) is 0 Å². The van der Waals surface area contributed by atoms with E-state index in [1.54, 1.807) is 19.1 Å². The summed E-state index contributed by atoms with van der Waals surface area (Å²) in [7, 11) is 0. The molecule has 6 nitrogen and oxygen atoms in total. The number of esters is 2. The van der Waals surface area contributed by atoms with Gasteiger partial charge in [0, 0.05) is 12.0 Å². The van der Waals surface area contributed by atoms with Crippen LogP contribution in [0.2, 0.25) is 0 Å². The van der Waals surface area contributed by atoms with Gasteiger partial charge in [0.15, 0.2) is 0 Å². The summed E-state index contributed by atoms with van der Waals surface area (Å²) in [6.45, 7) is 7.29. The van der Waals surface area contributed by atoms with E-state index in [0.717, 1.165) is 6.29 Å². The van der Waals surface area contributed by atoms with E-state index in [2.05, 4.69) is 6.58 Å². The number of allylic oxidation sites excluding steroid dienone is 1. The first-order valence-electron chi connectivity index (χ1n) is 8.96. The molecule has 1 aliphatic heterocycles. The molecular weight excluding hydrogens is 336 g/mol. The Kier molecular flexibility index (Phi) is 6.91. The van der Waals surface area contributed by atoms with Crippen molar-refractivity contribution < 1.29 is 29.0 Å². The second-order valence-corrected chi connectivity index (χ2v) is 6.83. The number of hydrogen-bond acceptors (Lipinski definition) is 6. The van der Waals surface area contributed by atoms with Gasteiger partial charge in [-0.2, -0.15) is 0 Å². The number of aliphatic hydroxyl groups is 1. The van der Waals surface area contributed by atoms with Crippen LogP contribution in [-0.4, -0.2) is 42.1 Å². The Bertz CT molecular complexity index is 645. The fourth-order valence-corrected chi connectivity index (χ4v) is 3.16. The third-order valence-electron chi connectivity index (χ3n) is 5.01. The SMILES string of the molecule is C=C1C(=O)O[C@@H]2/C=C(/CO)CC/C=C(/C=O)C[C@@H](OC(=O)[C@@H](C)CC)[C@@H]12. The van der Waals surface area contributed by atoms with Crippen LogP contribution in [0.1, 0.15) is 39.5 Å². The highest BCUT2D eigenvalue weighted by Gasteiger charge is 2.44. The number of hydrogen-bond donors (Lipinski definition) is 1. The molecule has 0 amide bonds. The molecular formula is C20H26O6. The van der Waals surface area contributed by atoms with Crippen molar-refractivity contribution in [3.8, 4) is 0 Å². The molecule has 1 N–H and O–H groups in total. The lowest BCUT2D eigenvalue weighted by molar-refractivity contribution is -0.156. The maximum absolute atomic E-state index is 12.3. The molecule has 142 valence electrons. The molecule has 6 heteroatoms. The standard InChI is InChI=1S/C20H26O6/c1-4-12(2)19(23)25-16-8-14(10-21)6-5-7-15(11-22)9-17-18(16)13(3)20(24)26-17/h6,9-10,12,16-18,22H,3-5,7-8,11H2,1-2H3/b14-6+,15-9+/t12-,16+,17+,18+/m0/s1. The Morgan fingerprint density at radius 3 is 2.88 bits per heavy atom. The van der Waals surface area contributed by atoms with Crippen LogP contribution in [0, 0.1) is 11.8 Å². The van der Waals surface area contributed by atoms with Gasteiger partial charge in [-0.1, -0.05) is 26.5 Å². The summed E-state index contributed by atoms with van der Waals surface area (Å²) in [5.74, 6) is -1.80. The lowest BCUT2D eigenvalue weighted by atomic mass is 9.85. The van der Waals surface area contributed by atoms with E-state index < -0.39 is 24.1 Å². The molecule has 2 rings (SSSR count). The number of carbonyl (C=O) groups excluding carboxylic acids is 3. The molecule has 2 aliphatic rings. The average Bonchev–Trinajstić information content (AvgIpc) is 2.91. The summed E-state index contributed by atoms with van der Waals surface area (Å²) in [6.07, 6.45) is 4.78. The largest absolute Gasteiger partial charge is 0.461 e. The minimum absolute atomic E-state index is 0.172. The summed E-state index contributed by atoms with van der Waals surface area (Å²) in [5.41, 5.74) is 1.42. The molecule has 0 aromatic carbocycles. The lowest BCUT2D eigenvalue weighted by Gasteiger charge is -2.28. The Morgan fingerprint density at radius 1 is 1.54 bits per heavy atom. The highest BCUT2D eigenvalue weighted by atomic mass is 16.6. The van der Waals surface area contributed by atoms with E-state index in [1.807, 2.05) is 6.92 Å². The van der Waals surface area contributed by atoms with E-state index in [-0.39, 0.29) is 30.5 Å². The van der Waals surface area contributed by atoms with Gasteiger partial charge in [-0.05, 0) is 36.5 Å². The van der Waals surface area contributed by atoms with Crippen LogP contribution < -0.4 is 0 Å². The molecule has 4 atom stereocenters. The Balaban J connectivity index is 2.41. The molecule has 0 spiro atoms. The number of ether oxygens (including phenoxy) is 2. The number of rotatable bonds is 5. The van der Waals surface area contributed by atoms with Crippen molar-refractivity contribution in [3.63, 3.8) is 0 Å². The van der Waals surface area contributed by atoms with Crippen LogP contribution in [-0.2, 0) is 23.9 Å². The van der Waals surface area contributed by atoms with Crippen molar-refractivity contribution in [2.75, 3.05) is 6.61 Å². The third-order valence-corrected chi connectivity index (χ3v) is 5.01. The zero-order valence-electron chi connectivity index (χ0n) is 15.3. The van der Waals surface area contributed by atoms with Crippen molar-refractivity contribution in [3.05, 3.63) is 35.5 Å². The topological polar surface area (TPSA) is 89.9 Å². The molecule has 0 unspecified atom stereocenters. The predicted molar refractivity (Wildman–Crippen MR) is 95.0 cm³/mol. The van der Waals surface area contributed by atoms with Crippen molar-refractivity contribution in [2.45, 2.75) is 51.7 Å². The fourth-order valence-electron chi connectivity index (χ4n) is 3.16. The molecule has 0 aromatic heterocycles. The molecule has 1 saturated heterocycles. The first-order valence-corrected chi connectivity index (χ1v) is 8.96. The molecule has 26 heavy (non-hydrogen) atoms. The fraction of sp³-hybridized carbons (Fsp3) is 0.550. The first kappa shape index (κ1) is 20.1. The highest BCUT2D eigenvalue weighted by molar-refractivity contribution is 5.91. The second kappa shape index (κ2) is 8.94. The van der Waals surface area contributed by atoms with Crippen LogP contribution in [0.4, 0.5) is 0 Å². The first-order chi connectivity index (χ1) is 12.4. The molecule has 1 fully saturated rings. The minimum atomic E-state index is -0.730. The maximum Gasteiger partial charge on any atom is 0.334 e. The van der Waals surface area contributed by atoms with Gasteiger partial charge in [0.05, 0.1) is 18.4 Å².